The number of halogens is 4. The van der Waals surface area contributed by atoms with Gasteiger partial charge in [-0.05, 0) is 48.7 Å². The molecule has 1 nitrogen and oxygen atoms in total. The Morgan fingerprint density at radius 3 is 2.29 bits per heavy atom. The maximum atomic E-state index is 12.8. The number of aryl methyl sites for hydroxylation is 2. The van der Waals surface area contributed by atoms with Crippen molar-refractivity contribution in [1.82, 2.24) is 0 Å². The molecule has 0 aliphatic rings. The molecule has 0 atom stereocenters. The van der Waals surface area contributed by atoms with Gasteiger partial charge in [-0.2, -0.15) is 13.2 Å². The summed E-state index contributed by atoms with van der Waals surface area (Å²) in [6.45, 7) is 3.77. The van der Waals surface area contributed by atoms with Gasteiger partial charge >= 0.3 is 6.18 Å². The van der Waals surface area contributed by atoms with Gasteiger partial charge < -0.3 is 5.32 Å². The molecule has 1 N–H and O–H groups in total. The van der Waals surface area contributed by atoms with Crippen LogP contribution in [0.1, 0.15) is 22.3 Å². The summed E-state index contributed by atoms with van der Waals surface area (Å²) in [6.07, 6.45) is -4.34. The van der Waals surface area contributed by atoms with Crippen LogP contribution in [0.3, 0.4) is 0 Å². The van der Waals surface area contributed by atoms with Crippen LogP contribution in [0.15, 0.2) is 36.4 Å². The third kappa shape index (κ3) is 3.91. The molecule has 0 saturated heterocycles. The average Bonchev–Trinajstić information content (AvgIpc) is 2.40. The Morgan fingerprint density at radius 1 is 1.00 bits per heavy atom. The zero-order valence-electron chi connectivity index (χ0n) is 11.7. The SMILES string of the molecule is Cc1ccc(CNc2ccc(C)c(C(F)(F)F)c2)cc1Cl. The van der Waals surface area contributed by atoms with E-state index in [9.17, 15) is 13.2 Å². The molecule has 2 aromatic carbocycles. The molecule has 0 aromatic heterocycles. The molecule has 2 rings (SSSR count). The summed E-state index contributed by atoms with van der Waals surface area (Å²) >= 11 is 6.02. The van der Waals surface area contributed by atoms with Crippen LogP contribution < -0.4 is 5.32 Å². The first kappa shape index (κ1) is 15.7. The molecule has 0 aliphatic heterocycles. The molecule has 0 unspecified atom stereocenters. The van der Waals surface area contributed by atoms with Crippen LogP contribution in [0.5, 0.6) is 0 Å². The largest absolute Gasteiger partial charge is 0.416 e. The van der Waals surface area contributed by atoms with E-state index in [2.05, 4.69) is 5.32 Å². The van der Waals surface area contributed by atoms with Crippen molar-refractivity contribution in [2.45, 2.75) is 26.6 Å². The van der Waals surface area contributed by atoms with Crippen molar-refractivity contribution in [3.05, 3.63) is 63.7 Å². The van der Waals surface area contributed by atoms with E-state index < -0.39 is 11.7 Å². The van der Waals surface area contributed by atoms with Gasteiger partial charge in [0.1, 0.15) is 0 Å². The Morgan fingerprint density at radius 2 is 1.67 bits per heavy atom. The highest BCUT2D eigenvalue weighted by atomic mass is 35.5. The summed E-state index contributed by atoms with van der Waals surface area (Å²) in [5.41, 5.74) is 1.92. The van der Waals surface area contributed by atoms with Gasteiger partial charge in [0, 0.05) is 17.3 Å². The normalized spacial score (nSPS) is 11.5. The second-order valence-electron chi connectivity index (χ2n) is 4.96. The molecule has 0 bridgehead atoms. The van der Waals surface area contributed by atoms with E-state index in [4.69, 9.17) is 11.6 Å². The van der Waals surface area contributed by atoms with Gasteiger partial charge in [-0.25, -0.2) is 0 Å². The fourth-order valence-corrected chi connectivity index (χ4v) is 2.19. The lowest BCUT2D eigenvalue weighted by Gasteiger charge is -2.13. The predicted molar refractivity (Wildman–Crippen MR) is 79.7 cm³/mol. The van der Waals surface area contributed by atoms with Crippen LogP contribution in [0, 0.1) is 13.8 Å². The van der Waals surface area contributed by atoms with Gasteiger partial charge in [0.15, 0.2) is 0 Å². The Kier molecular flexibility index (Phi) is 4.47. The number of hydrogen-bond acceptors (Lipinski definition) is 1. The van der Waals surface area contributed by atoms with Crippen molar-refractivity contribution in [2.75, 3.05) is 5.32 Å². The Labute approximate surface area is 126 Å². The molecule has 0 heterocycles. The molecule has 2 aromatic rings. The molecule has 0 aliphatic carbocycles. The minimum absolute atomic E-state index is 0.214. The number of benzene rings is 2. The van der Waals surface area contributed by atoms with Crippen molar-refractivity contribution >= 4 is 17.3 Å². The Hall–Kier alpha value is -1.68. The van der Waals surface area contributed by atoms with Gasteiger partial charge in [-0.15, -0.1) is 0 Å². The summed E-state index contributed by atoms with van der Waals surface area (Å²) in [4.78, 5) is 0. The number of hydrogen-bond donors (Lipinski definition) is 1. The van der Waals surface area contributed by atoms with Crippen LogP contribution in [0.2, 0.25) is 5.02 Å². The van der Waals surface area contributed by atoms with Crippen molar-refractivity contribution in [3.8, 4) is 0 Å². The Balaban J connectivity index is 2.15. The van der Waals surface area contributed by atoms with E-state index in [1.165, 1.54) is 13.0 Å². The van der Waals surface area contributed by atoms with Gasteiger partial charge in [0.25, 0.3) is 0 Å². The predicted octanol–water partition coefficient (Wildman–Crippen LogP) is 5.59. The van der Waals surface area contributed by atoms with Crippen LogP contribution in [0.4, 0.5) is 18.9 Å². The van der Waals surface area contributed by atoms with E-state index >= 15 is 0 Å². The first-order valence-corrected chi connectivity index (χ1v) is 6.82. The zero-order chi connectivity index (χ0) is 15.6. The smallest absolute Gasteiger partial charge is 0.381 e. The fourth-order valence-electron chi connectivity index (χ4n) is 1.99. The topological polar surface area (TPSA) is 12.0 Å². The summed E-state index contributed by atoms with van der Waals surface area (Å²) in [6, 6.07) is 9.82. The van der Waals surface area contributed by atoms with E-state index in [1.54, 1.807) is 6.07 Å². The number of anilines is 1. The fraction of sp³-hybridized carbons (Fsp3) is 0.250. The minimum atomic E-state index is -4.34. The van der Waals surface area contributed by atoms with Crippen molar-refractivity contribution in [3.63, 3.8) is 0 Å². The molecular weight excluding hydrogens is 299 g/mol. The second-order valence-corrected chi connectivity index (χ2v) is 5.37. The van der Waals surface area contributed by atoms with E-state index in [0.717, 1.165) is 17.2 Å². The zero-order valence-corrected chi connectivity index (χ0v) is 12.4. The van der Waals surface area contributed by atoms with Gasteiger partial charge in [0.2, 0.25) is 0 Å². The highest BCUT2D eigenvalue weighted by Gasteiger charge is 2.32. The van der Waals surface area contributed by atoms with Crippen LogP contribution >= 0.6 is 11.6 Å². The van der Waals surface area contributed by atoms with E-state index in [0.29, 0.717) is 17.3 Å². The van der Waals surface area contributed by atoms with E-state index in [1.807, 2.05) is 25.1 Å². The summed E-state index contributed by atoms with van der Waals surface area (Å²) in [7, 11) is 0. The first-order valence-electron chi connectivity index (χ1n) is 6.44. The number of rotatable bonds is 3. The van der Waals surface area contributed by atoms with Crippen molar-refractivity contribution in [1.29, 1.82) is 0 Å². The third-order valence-electron chi connectivity index (χ3n) is 3.28. The maximum absolute atomic E-state index is 12.8. The summed E-state index contributed by atoms with van der Waals surface area (Å²) in [5, 5.41) is 3.64. The summed E-state index contributed by atoms with van der Waals surface area (Å²) in [5.74, 6) is 0. The van der Waals surface area contributed by atoms with Gasteiger partial charge in [-0.3, -0.25) is 0 Å². The highest BCUT2D eigenvalue weighted by Crippen LogP contribution is 2.33. The second kappa shape index (κ2) is 5.98. The standard InChI is InChI=1S/C16H15ClF3N/c1-10-4-6-13(8-14(10)16(18,19)20)21-9-12-5-3-11(2)15(17)7-12/h3-8,21H,9H2,1-2H3. The first-order chi connectivity index (χ1) is 9.77. The monoisotopic (exact) mass is 313 g/mol. The lowest BCUT2D eigenvalue weighted by Crippen LogP contribution is -2.09. The van der Waals surface area contributed by atoms with Crippen LogP contribution in [0.25, 0.3) is 0 Å². The molecule has 5 heteroatoms. The van der Waals surface area contributed by atoms with E-state index in [-0.39, 0.29) is 5.56 Å². The molecule has 21 heavy (non-hydrogen) atoms. The van der Waals surface area contributed by atoms with Crippen LogP contribution in [-0.4, -0.2) is 0 Å². The molecule has 0 radical (unpaired) electrons. The summed E-state index contributed by atoms with van der Waals surface area (Å²) < 4.78 is 38.5. The Bertz CT molecular complexity index is 650. The minimum Gasteiger partial charge on any atom is -0.381 e. The van der Waals surface area contributed by atoms with Crippen molar-refractivity contribution in [2.24, 2.45) is 0 Å². The lowest BCUT2D eigenvalue weighted by atomic mass is 10.1. The third-order valence-corrected chi connectivity index (χ3v) is 3.68. The molecule has 0 saturated carbocycles. The lowest BCUT2D eigenvalue weighted by molar-refractivity contribution is -0.138. The number of alkyl halides is 3. The van der Waals surface area contributed by atoms with Crippen LogP contribution in [-0.2, 0) is 12.7 Å². The maximum Gasteiger partial charge on any atom is 0.416 e. The van der Waals surface area contributed by atoms with Gasteiger partial charge in [0.05, 0.1) is 5.56 Å². The highest BCUT2D eigenvalue weighted by molar-refractivity contribution is 6.31. The molecule has 112 valence electrons. The molecule has 0 fully saturated rings. The van der Waals surface area contributed by atoms with Gasteiger partial charge in [-0.1, -0.05) is 29.8 Å². The molecular formula is C16H15ClF3N. The average molecular weight is 314 g/mol. The molecule has 0 spiro atoms. The molecule has 0 amide bonds. The van der Waals surface area contributed by atoms with Crippen molar-refractivity contribution < 1.29 is 13.2 Å². The quantitative estimate of drug-likeness (QED) is 0.779. The number of nitrogens with one attached hydrogen (secondary N) is 1.